The van der Waals surface area contributed by atoms with Gasteiger partial charge in [-0.25, -0.2) is 4.79 Å². The molecule has 26 heavy (non-hydrogen) atoms. The molecule has 0 aliphatic carbocycles. The van der Waals surface area contributed by atoms with E-state index in [4.69, 9.17) is 4.74 Å². The van der Waals surface area contributed by atoms with Gasteiger partial charge in [-0.3, -0.25) is 4.79 Å². The van der Waals surface area contributed by atoms with Crippen LogP contribution < -0.4 is 5.32 Å². The van der Waals surface area contributed by atoms with Crippen molar-refractivity contribution in [2.75, 3.05) is 13.1 Å². The molecule has 2 fully saturated rings. The molecule has 2 amide bonds. The molecule has 1 N–H and O–H groups in total. The number of rotatable bonds is 3. The Labute approximate surface area is 149 Å². The fourth-order valence-corrected chi connectivity index (χ4v) is 3.52. The van der Waals surface area contributed by atoms with Crippen LogP contribution >= 0.6 is 0 Å². The zero-order valence-corrected chi connectivity index (χ0v) is 14.8. The minimum atomic E-state index is -4.38. The van der Waals surface area contributed by atoms with Gasteiger partial charge >= 0.3 is 12.3 Å². The second kappa shape index (κ2) is 5.89. The highest BCUT2D eigenvalue weighted by Crippen LogP contribution is 2.37. The van der Waals surface area contributed by atoms with Crippen molar-refractivity contribution in [3.63, 3.8) is 0 Å². The molecule has 2 saturated heterocycles. The van der Waals surface area contributed by atoms with E-state index in [-0.39, 0.29) is 11.9 Å². The van der Waals surface area contributed by atoms with Gasteiger partial charge in [-0.1, -0.05) is 26.0 Å². The van der Waals surface area contributed by atoms with Crippen LogP contribution in [-0.2, 0) is 22.1 Å². The Morgan fingerprint density at radius 3 is 2.31 bits per heavy atom. The molecule has 8 heteroatoms. The Kier molecular flexibility index (Phi) is 4.20. The van der Waals surface area contributed by atoms with E-state index in [1.165, 1.54) is 12.1 Å². The molecule has 0 saturated carbocycles. The summed E-state index contributed by atoms with van der Waals surface area (Å²) in [4.78, 5) is 25.8. The van der Waals surface area contributed by atoms with E-state index in [9.17, 15) is 22.8 Å². The summed E-state index contributed by atoms with van der Waals surface area (Å²) in [5.74, 6) is -0.113. The highest BCUT2D eigenvalue weighted by molar-refractivity contribution is 5.84. The molecule has 2 heterocycles. The van der Waals surface area contributed by atoms with Crippen molar-refractivity contribution in [1.82, 2.24) is 10.2 Å². The van der Waals surface area contributed by atoms with Gasteiger partial charge in [0.15, 0.2) is 5.60 Å². The van der Waals surface area contributed by atoms with E-state index < -0.39 is 28.8 Å². The van der Waals surface area contributed by atoms with Crippen LogP contribution in [0.4, 0.5) is 18.0 Å². The average Bonchev–Trinajstić information content (AvgIpc) is 2.78. The number of halogens is 3. The van der Waals surface area contributed by atoms with Crippen LogP contribution in [0.1, 0.15) is 31.9 Å². The highest BCUT2D eigenvalue weighted by atomic mass is 19.4. The predicted octanol–water partition coefficient (Wildman–Crippen LogP) is 2.98. The van der Waals surface area contributed by atoms with Crippen molar-refractivity contribution in [1.29, 1.82) is 0 Å². The maximum atomic E-state index is 12.8. The van der Waals surface area contributed by atoms with Crippen LogP contribution in [0.25, 0.3) is 0 Å². The summed E-state index contributed by atoms with van der Waals surface area (Å²) in [6.45, 7) is 6.01. The van der Waals surface area contributed by atoms with Gasteiger partial charge in [0.05, 0.1) is 24.7 Å². The van der Waals surface area contributed by atoms with Gasteiger partial charge in [-0.2, -0.15) is 13.2 Å². The van der Waals surface area contributed by atoms with Gasteiger partial charge in [0.1, 0.15) is 0 Å². The summed E-state index contributed by atoms with van der Waals surface area (Å²) in [5, 5.41) is 2.67. The number of alkyl carbamates (subject to hydrolysis) is 1. The van der Waals surface area contributed by atoms with Crippen LogP contribution in [0.3, 0.4) is 0 Å². The van der Waals surface area contributed by atoms with Crippen LogP contribution in [0.2, 0.25) is 0 Å². The predicted molar refractivity (Wildman–Crippen MR) is 87.3 cm³/mol. The Hall–Kier alpha value is -2.25. The third-order valence-corrected chi connectivity index (χ3v) is 5.13. The SMILES string of the molecule is CC1NC(=O)OC12CN(C(=O)C(C)(C)Cc1ccc(C(F)(F)F)cc1)C2. The number of alkyl halides is 3. The summed E-state index contributed by atoms with van der Waals surface area (Å²) in [7, 11) is 0. The van der Waals surface area contributed by atoms with Crippen LogP contribution in [0.15, 0.2) is 24.3 Å². The lowest BCUT2D eigenvalue weighted by Gasteiger charge is -2.49. The molecule has 2 aliphatic rings. The van der Waals surface area contributed by atoms with Crippen molar-refractivity contribution in [2.24, 2.45) is 5.41 Å². The molecule has 1 atom stereocenters. The number of benzene rings is 1. The van der Waals surface area contributed by atoms with Crippen LogP contribution in [0.5, 0.6) is 0 Å². The first kappa shape index (κ1) is 18.5. The first-order chi connectivity index (χ1) is 11.9. The fraction of sp³-hybridized carbons (Fsp3) is 0.556. The Balaban J connectivity index is 1.63. The number of likely N-dealkylation sites (tertiary alicyclic amines) is 1. The highest BCUT2D eigenvalue weighted by Gasteiger charge is 2.57. The third kappa shape index (κ3) is 3.24. The second-order valence-electron chi connectivity index (χ2n) is 7.74. The summed E-state index contributed by atoms with van der Waals surface area (Å²) in [6.07, 6.45) is -4.53. The number of nitrogens with zero attached hydrogens (tertiary/aromatic N) is 1. The fourth-order valence-electron chi connectivity index (χ4n) is 3.52. The normalized spacial score (nSPS) is 22.0. The lowest BCUT2D eigenvalue weighted by molar-refractivity contribution is -0.161. The minimum Gasteiger partial charge on any atom is -0.437 e. The van der Waals surface area contributed by atoms with Gasteiger partial charge in [-0.15, -0.1) is 0 Å². The number of carbonyl (C=O) groups is 2. The quantitative estimate of drug-likeness (QED) is 0.890. The van der Waals surface area contributed by atoms with Gasteiger partial charge in [0, 0.05) is 5.41 Å². The molecule has 2 aliphatic heterocycles. The maximum Gasteiger partial charge on any atom is 0.416 e. The lowest BCUT2D eigenvalue weighted by atomic mass is 9.80. The maximum absolute atomic E-state index is 12.8. The van der Waals surface area contributed by atoms with E-state index in [1.54, 1.807) is 18.7 Å². The molecule has 5 nitrogen and oxygen atoms in total. The van der Waals surface area contributed by atoms with E-state index in [0.717, 1.165) is 12.1 Å². The van der Waals surface area contributed by atoms with E-state index in [2.05, 4.69) is 5.32 Å². The summed E-state index contributed by atoms with van der Waals surface area (Å²) < 4.78 is 43.2. The van der Waals surface area contributed by atoms with Crippen LogP contribution in [0, 0.1) is 5.41 Å². The Morgan fingerprint density at radius 1 is 1.27 bits per heavy atom. The standard InChI is InChI=1S/C18H21F3N2O3/c1-11-17(26-15(25)22-11)9-23(10-17)14(24)16(2,3)8-12-4-6-13(7-5-12)18(19,20)21/h4-7,11H,8-10H2,1-3H3,(H,22,25). The van der Waals surface area contributed by atoms with Crippen molar-refractivity contribution in [3.05, 3.63) is 35.4 Å². The van der Waals surface area contributed by atoms with Gasteiger partial charge in [0.2, 0.25) is 5.91 Å². The molecule has 1 spiro atoms. The van der Waals surface area contributed by atoms with E-state index in [1.807, 2.05) is 6.92 Å². The molecule has 1 aromatic carbocycles. The first-order valence-corrected chi connectivity index (χ1v) is 8.38. The zero-order valence-electron chi connectivity index (χ0n) is 14.8. The average molecular weight is 370 g/mol. The van der Waals surface area contributed by atoms with Gasteiger partial charge in [-0.05, 0) is 31.0 Å². The monoisotopic (exact) mass is 370 g/mol. The molecular formula is C18H21F3N2O3. The number of hydrogen-bond acceptors (Lipinski definition) is 3. The number of hydrogen-bond donors (Lipinski definition) is 1. The van der Waals surface area contributed by atoms with Crippen molar-refractivity contribution >= 4 is 12.0 Å². The molecule has 1 unspecified atom stereocenters. The largest absolute Gasteiger partial charge is 0.437 e. The topological polar surface area (TPSA) is 58.6 Å². The molecule has 3 rings (SSSR count). The van der Waals surface area contributed by atoms with Gasteiger partial charge in [0.25, 0.3) is 0 Å². The number of carbonyl (C=O) groups excluding carboxylic acids is 2. The summed E-state index contributed by atoms with van der Waals surface area (Å²) >= 11 is 0. The van der Waals surface area contributed by atoms with Crippen molar-refractivity contribution in [2.45, 2.75) is 45.0 Å². The molecule has 0 bridgehead atoms. The number of amides is 2. The summed E-state index contributed by atoms with van der Waals surface area (Å²) in [6, 6.07) is 4.69. The first-order valence-electron chi connectivity index (χ1n) is 8.38. The van der Waals surface area contributed by atoms with E-state index >= 15 is 0 Å². The molecule has 142 valence electrons. The molecule has 1 aromatic rings. The number of ether oxygens (including phenoxy) is 1. The molecule has 0 aromatic heterocycles. The van der Waals surface area contributed by atoms with Gasteiger partial charge < -0.3 is 15.0 Å². The van der Waals surface area contributed by atoms with E-state index in [0.29, 0.717) is 25.1 Å². The van der Waals surface area contributed by atoms with Crippen LogP contribution in [-0.4, -0.2) is 41.6 Å². The van der Waals surface area contributed by atoms with Crippen molar-refractivity contribution < 1.29 is 27.5 Å². The zero-order chi connectivity index (χ0) is 19.3. The number of nitrogens with one attached hydrogen (secondary N) is 1. The van der Waals surface area contributed by atoms with Crippen molar-refractivity contribution in [3.8, 4) is 0 Å². The second-order valence-corrected chi connectivity index (χ2v) is 7.74. The third-order valence-electron chi connectivity index (χ3n) is 5.13. The smallest absolute Gasteiger partial charge is 0.416 e. The Morgan fingerprint density at radius 2 is 1.85 bits per heavy atom. The minimum absolute atomic E-state index is 0.113. The molecule has 0 radical (unpaired) electrons. The summed E-state index contributed by atoms with van der Waals surface area (Å²) in [5.41, 5.74) is -1.49. The molecular weight excluding hydrogens is 349 g/mol. The lowest BCUT2D eigenvalue weighted by Crippen LogP contribution is -2.69. The Bertz CT molecular complexity index is 722.